The van der Waals surface area contributed by atoms with E-state index in [1.807, 2.05) is 7.05 Å². The minimum Gasteiger partial charge on any atom is -0.494 e. The minimum absolute atomic E-state index is 0.0483. The molecule has 0 aromatic carbocycles. The Morgan fingerprint density at radius 1 is 1.45 bits per heavy atom. The van der Waals surface area contributed by atoms with Gasteiger partial charge >= 0.3 is 5.97 Å². The van der Waals surface area contributed by atoms with Crippen LogP contribution in [0.4, 0.5) is 0 Å². The van der Waals surface area contributed by atoms with Crippen molar-refractivity contribution >= 4 is 27.3 Å². The number of nitrogens with one attached hydrogen (secondary N) is 1. The number of thiophene rings is 1. The van der Waals surface area contributed by atoms with Gasteiger partial charge in [0.2, 0.25) is 0 Å². The molecule has 1 atom stereocenters. The molecular formula is C13H20N2O5S2. The molecule has 0 radical (unpaired) electrons. The van der Waals surface area contributed by atoms with Crippen molar-refractivity contribution < 1.29 is 22.7 Å². The smallest absolute Gasteiger partial charge is 0.348 e. The number of esters is 1. The Labute approximate surface area is 134 Å². The molecule has 1 unspecified atom stereocenters. The number of methoxy groups -OCH3 is 2. The average molecular weight is 348 g/mol. The number of hydrogen-bond acceptors (Lipinski definition) is 7. The quantitative estimate of drug-likeness (QED) is 0.797. The lowest BCUT2D eigenvalue weighted by Gasteiger charge is -2.31. The van der Waals surface area contributed by atoms with Gasteiger partial charge in [-0.1, -0.05) is 0 Å². The third-order valence-electron chi connectivity index (χ3n) is 3.64. The molecular weight excluding hydrogens is 328 g/mol. The molecule has 0 bridgehead atoms. The predicted octanol–water partition coefficient (Wildman–Crippen LogP) is 0.916. The van der Waals surface area contributed by atoms with E-state index in [4.69, 9.17) is 4.74 Å². The molecule has 1 aliphatic rings. The Balaban J connectivity index is 2.36. The SMILES string of the molecule is CNC1CCCN(S(=O)(=O)c2sc(C(=O)OC)cc2OC)C1. The topological polar surface area (TPSA) is 84.9 Å². The predicted molar refractivity (Wildman–Crippen MR) is 83.1 cm³/mol. The first-order chi connectivity index (χ1) is 10.4. The Bertz CT molecular complexity index is 641. The van der Waals surface area contributed by atoms with Crippen molar-refractivity contribution in [2.75, 3.05) is 34.4 Å². The molecule has 0 spiro atoms. The van der Waals surface area contributed by atoms with E-state index in [1.54, 1.807) is 0 Å². The molecule has 0 aliphatic carbocycles. The monoisotopic (exact) mass is 348 g/mol. The lowest BCUT2D eigenvalue weighted by molar-refractivity contribution is 0.0606. The summed E-state index contributed by atoms with van der Waals surface area (Å²) in [7, 11) is 0.770. The third-order valence-corrected chi connectivity index (χ3v) is 7.09. The number of sulfonamides is 1. The number of rotatable bonds is 5. The molecule has 2 rings (SSSR count). The molecule has 2 heterocycles. The zero-order chi connectivity index (χ0) is 16.3. The van der Waals surface area contributed by atoms with E-state index in [1.165, 1.54) is 24.6 Å². The van der Waals surface area contributed by atoms with E-state index in [0.29, 0.717) is 13.1 Å². The number of likely N-dealkylation sites (N-methyl/N-ethyl adjacent to an activating group) is 1. The van der Waals surface area contributed by atoms with E-state index in [0.717, 1.165) is 24.2 Å². The summed E-state index contributed by atoms with van der Waals surface area (Å²) in [5.41, 5.74) is 0. The molecule has 1 aromatic heterocycles. The van der Waals surface area contributed by atoms with Gasteiger partial charge in [0.1, 0.15) is 4.88 Å². The summed E-state index contributed by atoms with van der Waals surface area (Å²) in [6.45, 7) is 0.878. The Kier molecular flexibility index (Phi) is 5.43. The summed E-state index contributed by atoms with van der Waals surface area (Å²) in [4.78, 5) is 11.8. The van der Waals surface area contributed by atoms with E-state index in [2.05, 4.69) is 10.1 Å². The fourth-order valence-corrected chi connectivity index (χ4v) is 5.55. The molecule has 0 saturated carbocycles. The summed E-state index contributed by atoms with van der Waals surface area (Å²) in [6, 6.07) is 1.54. The maximum absolute atomic E-state index is 12.8. The first-order valence-electron chi connectivity index (χ1n) is 6.87. The van der Waals surface area contributed by atoms with Gasteiger partial charge in [0, 0.05) is 25.2 Å². The average Bonchev–Trinajstić information content (AvgIpc) is 2.99. The van der Waals surface area contributed by atoms with Gasteiger partial charge in [-0.25, -0.2) is 13.2 Å². The second kappa shape index (κ2) is 6.95. The van der Waals surface area contributed by atoms with Crippen LogP contribution < -0.4 is 10.1 Å². The highest BCUT2D eigenvalue weighted by atomic mass is 32.2. The standard InChI is InChI=1S/C13H20N2O5S2/c1-14-9-5-4-6-15(8-9)22(17,18)13-10(19-2)7-11(21-13)12(16)20-3/h7,9,14H,4-6,8H2,1-3H3. The maximum atomic E-state index is 12.8. The molecule has 1 fully saturated rings. The van der Waals surface area contributed by atoms with Crippen molar-refractivity contribution in [3.63, 3.8) is 0 Å². The fraction of sp³-hybridized carbons (Fsp3) is 0.615. The Morgan fingerprint density at radius 3 is 2.77 bits per heavy atom. The van der Waals surface area contributed by atoms with Crippen molar-refractivity contribution in [3.05, 3.63) is 10.9 Å². The summed E-state index contributed by atoms with van der Waals surface area (Å²) >= 11 is 0.877. The zero-order valence-corrected chi connectivity index (χ0v) is 14.4. The van der Waals surface area contributed by atoms with Crippen molar-refractivity contribution in [2.45, 2.75) is 23.1 Å². The number of piperidine rings is 1. The number of carbonyl (C=O) groups is 1. The van der Waals surface area contributed by atoms with E-state index < -0.39 is 16.0 Å². The second-order valence-corrected chi connectivity index (χ2v) is 8.13. The van der Waals surface area contributed by atoms with Gasteiger partial charge in [0.05, 0.1) is 14.2 Å². The Morgan fingerprint density at radius 2 is 2.18 bits per heavy atom. The Hall–Kier alpha value is -1.16. The highest BCUT2D eigenvalue weighted by Crippen LogP contribution is 2.36. The van der Waals surface area contributed by atoms with Crippen LogP contribution in [-0.4, -0.2) is 59.1 Å². The van der Waals surface area contributed by atoms with Crippen molar-refractivity contribution in [3.8, 4) is 5.75 Å². The van der Waals surface area contributed by atoms with Crippen LogP contribution in [0.25, 0.3) is 0 Å². The van der Waals surface area contributed by atoms with Gasteiger partial charge in [-0.2, -0.15) is 4.31 Å². The van der Waals surface area contributed by atoms with Crippen LogP contribution in [0.15, 0.2) is 10.3 Å². The highest BCUT2D eigenvalue weighted by Gasteiger charge is 2.34. The minimum atomic E-state index is -3.69. The van der Waals surface area contributed by atoms with Crippen LogP contribution >= 0.6 is 11.3 Å². The largest absolute Gasteiger partial charge is 0.494 e. The van der Waals surface area contributed by atoms with Crippen LogP contribution in [0.2, 0.25) is 0 Å². The molecule has 124 valence electrons. The summed E-state index contributed by atoms with van der Waals surface area (Å²) in [5, 5.41) is 3.11. The van der Waals surface area contributed by atoms with Crippen LogP contribution in [0, 0.1) is 0 Å². The molecule has 1 N–H and O–H groups in total. The van der Waals surface area contributed by atoms with Gasteiger partial charge in [-0.05, 0) is 19.9 Å². The third kappa shape index (κ3) is 3.27. The van der Waals surface area contributed by atoms with Gasteiger partial charge in [0.15, 0.2) is 9.96 Å². The van der Waals surface area contributed by atoms with Crippen LogP contribution in [0.3, 0.4) is 0 Å². The van der Waals surface area contributed by atoms with Crippen LogP contribution in [0.5, 0.6) is 5.75 Å². The highest BCUT2D eigenvalue weighted by molar-refractivity contribution is 7.91. The molecule has 1 aliphatic heterocycles. The van der Waals surface area contributed by atoms with Crippen LogP contribution in [0.1, 0.15) is 22.5 Å². The molecule has 7 nitrogen and oxygen atoms in total. The zero-order valence-electron chi connectivity index (χ0n) is 12.8. The summed E-state index contributed by atoms with van der Waals surface area (Å²) < 4.78 is 36.9. The first-order valence-corrected chi connectivity index (χ1v) is 9.13. The molecule has 1 saturated heterocycles. The van der Waals surface area contributed by atoms with Gasteiger partial charge in [-0.3, -0.25) is 0 Å². The second-order valence-electron chi connectivity index (χ2n) is 4.95. The molecule has 9 heteroatoms. The van der Waals surface area contributed by atoms with Crippen LogP contribution in [-0.2, 0) is 14.8 Å². The van der Waals surface area contributed by atoms with Gasteiger partial charge in [0.25, 0.3) is 10.0 Å². The normalized spacial score (nSPS) is 19.9. The van der Waals surface area contributed by atoms with Crippen molar-refractivity contribution in [1.82, 2.24) is 9.62 Å². The molecule has 0 amide bonds. The summed E-state index contributed by atoms with van der Waals surface area (Å²) in [5.74, 6) is -0.395. The van der Waals surface area contributed by atoms with Crippen molar-refractivity contribution in [2.24, 2.45) is 0 Å². The van der Waals surface area contributed by atoms with Gasteiger partial charge < -0.3 is 14.8 Å². The first kappa shape index (κ1) is 17.2. The molecule has 22 heavy (non-hydrogen) atoms. The van der Waals surface area contributed by atoms with E-state index >= 15 is 0 Å². The van der Waals surface area contributed by atoms with Crippen molar-refractivity contribution in [1.29, 1.82) is 0 Å². The van der Waals surface area contributed by atoms with E-state index in [-0.39, 0.29) is 20.9 Å². The fourth-order valence-electron chi connectivity index (χ4n) is 2.39. The number of hydrogen-bond donors (Lipinski definition) is 1. The molecule has 1 aromatic rings. The van der Waals surface area contributed by atoms with Gasteiger partial charge in [-0.15, -0.1) is 11.3 Å². The van der Waals surface area contributed by atoms with E-state index in [9.17, 15) is 13.2 Å². The maximum Gasteiger partial charge on any atom is 0.348 e. The number of ether oxygens (including phenoxy) is 2. The lowest BCUT2D eigenvalue weighted by atomic mass is 10.1. The number of carbonyl (C=O) groups excluding carboxylic acids is 1. The summed E-state index contributed by atoms with van der Waals surface area (Å²) in [6.07, 6.45) is 1.74. The lowest BCUT2D eigenvalue weighted by Crippen LogP contribution is -2.46. The number of nitrogens with zero attached hydrogens (tertiary/aromatic N) is 1.